The van der Waals surface area contributed by atoms with E-state index in [9.17, 15) is 4.39 Å². The molecule has 1 fully saturated rings. The Bertz CT molecular complexity index is 830. The second kappa shape index (κ2) is 6.73. The average molecular weight is 340 g/mol. The number of hydrogen-bond acceptors (Lipinski definition) is 4. The van der Waals surface area contributed by atoms with Gasteiger partial charge in [-0.25, -0.2) is 4.39 Å². The van der Waals surface area contributed by atoms with Gasteiger partial charge in [0, 0.05) is 24.2 Å². The summed E-state index contributed by atoms with van der Waals surface area (Å²) >= 11 is 1.68. The smallest absolute Gasteiger partial charge is 0.191 e. The minimum atomic E-state index is -0.250. The Morgan fingerprint density at radius 1 is 1.08 bits per heavy atom. The number of hydrogen-bond donors (Lipinski definition) is 0. The first-order valence-electron chi connectivity index (χ1n) is 8.04. The highest BCUT2D eigenvalue weighted by atomic mass is 32.2. The predicted octanol–water partition coefficient (Wildman–Crippen LogP) is 4.15. The van der Waals surface area contributed by atoms with E-state index in [-0.39, 0.29) is 5.82 Å². The van der Waals surface area contributed by atoms with Crippen LogP contribution in [-0.4, -0.2) is 25.5 Å². The topological polar surface area (TPSA) is 43.6 Å². The molecule has 0 saturated heterocycles. The molecule has 4 nitrogen and oxygen atoms in total. The zero-order chi connectivity index (χ0) is 16.4. The van der Waals surface area contributed by atoms with Crippen LogP contribution in [0.3, 0.4) is 0 Å². The summed E-state index contributed by atoms with van der Waals surface area (Å²) in [5.74, 6) is 1.30. The molecule has 1 saturated carbocycles. The van der Waals surface area contributed by atoms with Gasteiger partial charge in [-0.15, -0.1) is 10.2 Å². The fourth-order valence-corrected chi connectivity index (χ4v) is 3.67. The lowest BCUT2D eigenvalue weighted by atomic mass is 10.2. The number of thioether (sulfide) groups is 1. The summed E-state index contributed by atoms with van der Waals surface area (Å²) in [6.07, 6.45) is 6.78. The van der Waals surface area contributed by atoms with Crippen molar-refractivity contribution in [2.24, 2.45) is 0 Å². The van der Waals surface area contributed by atoms with Crippen molar-refractivity contribution in [3.63, 3.8) is 0 Å². The van der Waals surface area contributed by atoms with Gasteiger partial charge in [0.15, 0.2) is 11.0 Å². The summed E-state index contributed by atoms with van der Waals surface area (Å²) in [5, 5.41) is 9.48. The molecule has 4 rings (SSSR count). The summed E-state index contributed by atoms with van der Waals surface area (Å²) in [7, 11) is 0. The molecule has 1 aromatic carbocycles. The number of benzene rings is 1. The van der Waals surface area contributed by atoms with E-state index in [1.54, 1.807) is 23.9 Å². The Kier molecular flexibility index (Phi) is 4.30. The highest BCUT2D eigenvalue weighted by Crippen LogP contribution is 2.41. The van der Waals surface area contributed by atoms with Crippen molar-refractivity contribution in [2.45, 2.75) is 30.5 Å². The SMILES string of the molecule is Fc1ccccc1-c1nnc(SCCc2ccncc2)n1C1CC1. The fraction of sp³-hybridized carbons (Fsp3) is 0.278. The highest BCUT2D eigenvalue weighted by Gasteiger charge is 2.30. The van der Waals surface area contributed by atoms with Crippen LogP contribution in [0.5, 0.6) is 0 Å². The van der Waals surface area contributed by atoms with Crippen molar-refractivity contribution in [3.05, 3.63) is 60.2 Å². The Morgan fingerprint density at radius 2 is 1.88 bits per heavy atom. The second-order valence-corrected chi connectivity index (χ2v) is 6.90. The van der Waals surface area contributed by atoms with Gasteiger partial charge in [0.2, 0.25) is 0 Å². The molecule has 1 aliphatic carbocycles. The van der Waals surface area contributed by atoms with Crippen LogP contribution >= 0.6 is 11.8 Å². The molecule has 0 atom stereocenters. The summed E-state index contributed by atoms with van der Waals surface area (Å²) in [4.78, 5) is 4.03. The summed E-state index contributed by atoms with van der Waals surface area (Å²) < 4.78 is 16.2. The van der Waals surface area contributed by atoms with E-state index < -0.39 is 0 Å². The van der Waals surface area contributed by atoms with Crippen LogP contribution in [0.4, 0.5) is 4.39 Å². The maximum absolute atomic E-state index is 14.1. The van der Waals surface area contributed by atoms with Crippen molar-refractivity contribution in [1.82, 2.24) is 19.7 Å². The summed E-state index contributed by atoms with van der Waals surface area (Å²) in [6.45, 7) is 0. The van der Waals surface area contributed by atoms with Crippen LogP contribution in [-0.2, 0) is 6.42 Å². The molecule has 0 bridgehead atoms. The van der Waals surface area contributed by atoms with Crippen molar-refractivity contribution in [1.29, 1.82) is 0 Å². The van der Waals surface area contributed by atoms with E-state index >= 15 is 0 Å². The van der Waals surface area contributed by atoms with Gasteiger partial charge in [-0.05, 0) is 49.1 Å². The summed E-state index contributed by atoms with van der Waals surface area (Å²) in [6, 6.07) is 11.2. The van der Waals surface area contributed by atoms with Crippen LogP contribution in [0.15, 0.2) is 53.9 Å². The summed E-state index contributed by atoms with van der Waals surface area (Å²) in [5.41, 5.74) is 1.78. The zero-order valence-corrected chi connectivity index (χ0v) is 13.9. The number of pyridine rings is 1. The van der Waals surface area contributed by atoms with Crippen LogP contribution in [0.25, 0.3) is 11.4 Å². The van der Waals surface area contributed by atoms with Crippen LogP contribution in [0, 0.1) is 5.82 Å². The standard InChI is InChI=1S/C18H17FN4S/c19-16-4-2-1-3-15(16)17-21-22-18(23(17)14-5-6-14)24-12-9-13-7-10-20-11-8-13/h1-4,7-8,10-11,14H,5-6,9,12H2. The number of rotatable bonds is 6. The molecule has 0 amide bonds. The third-order valence-corrected chi connectivity index (χ3v) is 5.01. The van der Waals surface area contributed by atoms with Crippen LogP contribution in [0.1, 0.15) is 24.4 Å². The first kappa shape index (κ1) is 15.3. The molecule has 6 heteroatoms. The van der Waals surface area contributed by atoms with E-state index in [0.29, 0.717) is 17.4 Å². The molecule has 0 aliphatic heterocycles. The van der Waals surface area contributed by atoms with Crippen molar-refractivity contribution in [2.75, 3.05) is 5.75 Å². The normalized spacial score (nSPS) is 14.0. The molecule has 122 valence electrons. The van der Waals surface area contributed by atoms with Gasteiger partial charge in [-0.1, -0.05) is 23.9 Å². The Morgan fingerprint density at radius 3 is 2.62 bits per heavy atom. The molecule has 2 aromatic heterocycles. The monoisotopic (exact) mass is 340 g/mol. The second-order valence-electron chi connectivity index (χ2n) is 5.84. The third kappa shape index (κ3) is 3.19. The van der Waals surface area contributed by atoms with Gasteiger partial charge < -0.3 is 0 Å². The predicted molar refractivity (Wildman–Crippen MR) is 92.4 cm³/mol. The Balaban J connectivity index is 1.55. The Labute approximate surface area is 144 Å². The molecule has 1 aliphatic rings. The largest absolute Gasteiger partial charge is 0.299 e. The van der Waals surface area contributed by atoms with Gasteiger partial charge in [0.1, 0.15) is 5.82 Å². The van der Waals surface area contributed by atoms with E-state index in [0.717, 1.165) is 30.2 Å². The van der Waals surface area contributed by atoms with Gasteiger partial charge in [0.05, 0.1) is 5.56 Å². The minimum Gasteiger partial charge on any atom is -0.299 e. The molecule has 0 N–H and O–H groups in total. The van der Waals surface area contributed by atoms with Gasteiger partial charge in [-0.3, -0.25) is 9.55 Å². The number of aryl methyl sites for hydroxylation is 1. The number of aromatic nitrogens is 4. The number of nitrogens with zero attached hydrogens (tertiary/aromatic N) is 4. The first-order chi connectivity index (χ1) is 11.8. The lowest BCUT2D eigenvalue weighted by Gasteiger charge is -2.09. The molecular formula is C18H17FN4S. The maximum Gasteiger partial charge on any atom is 0.191 e. The van der Waals surface area contributed by atoms with E-state index in [1.165, 1.54) is 11.6 Å². The molecule has 24 heavy (non-hydrogen) atoms. The highest BCUT2D eigenvalue weighted by molar-refractivity contribution is 7.99. The first-order valence-corrected chi connectivity index (χ1v) is 9.03. The zero-order valence-electron chi connectivity index (χ0n) is 13.1. The molecule has 2 heterocycles. The maximum atomic E-state index is 14.1. The van der Waals surface area contributed by atoms with E-state index in [1.807, 2.05) is 30.6 Å². The van der Waals surface area contributed by atoms with Gasteiger partial charge in [0.25, 0.3) is 0 Å². The third-order valence-electron chi connectivity index (χ3n) is 4.06. The molecule has 0 radical (unpaired) electrons. The average Bonchev–Trinajstić information content (AvgIpc) is 3.37. The minimum absolute atomic E-state index is 0.250. The lowest BCUT2D eigenvalue weighted by molar-refractivity contribution is 0.622. The molecule has 3 aromatic rings. The molecule has 0 spiro atoms. The van der Waals surface area contributed by atoms with Crippen molar-refractivity contribution >= 4 is 11.8 Å². The quantitative estimate of drug-likeness (QED) is 0.632. The number of halogens is 1. The fourth-order valence-electron chi connectivity index (χ4n) is 2.67. The van der Waals surface area contributed by atoms with Gasteiger partial charge in [-0.2, -0.15) is 0 Å². The van der Waals surface area contributed by atoms with E-state index in [2.05, 4.69) is 19.7 Å². The molecular weight excluding hydrogens is 323 g/mol. The van der Waals surface area contributed by atoms with Crippen LogP contribution in [0.2, 0.25) is 0 Å². The van der Waals surface area contributed by atoms with Crippen LogP contribution < -0.4 is 0 Å². The van der Waals surface area contributed by atoms with Gasteiger partial charge >= 0.3 is 0 Å². The van der Waals surface area contributed by atoms with Crippen molar-refractivity contribution < 1.29 is 4.39 Å². The van der Waals surface area contributed by atoms with E-state index in [4.69, 9.17) is 0 Å². The van der Waals surface area contributed by atoms with Crippen molar-refractivity contribution in [3.8, 4) is 11.4 Å². The molecule has 0 unspecified atom stereocenters. The lowest BCUT2D eigenvalue weighted by Crippen LogP contribution is -2.01. The Hall–Kier alpha value is -2.21.